The van der Waals surface area contributed by atoms with E-state index in [1.807, 2.05) is 127 Å². The summed E-state index contributed by atoms with van der Waals surface area (Å²) in [5.41, 5.74) is 12.3. The Bertz CT molecular complexity index is 4000. The summed E-state index contributed by atoms with van der Waals surface area (Å²) in [7, 11) is 0. The molecule has 0 unspecified atom stereocenters. The minimum absolute atomic E-state index is 0.0928. The number of rotatable bonds is 7. The third-order valence-corrected chi connectivity index (χ3v) is 12.0. The van der Waals surface area contributed by atoms with Crippen LogP contribution in [0.25, 0.3) is 111 Å². The Hall–Kier alpha value is -8.20. The van der Waals surface area contributed by atoms with Crippen LogP contribution in [0, 0.1) is 0 Å². The molecule has 0 bridgehead atoms. The number of aromatic nitrogens is 2. The van der Waals surface area contributed by atoms with Gasteiger partial charge in [0.15, 0.2) is 0 Å². The molecule has 0 spiro atoms. The Balaban J connectivity index is 1.14. The zero-order valence-corrected chi connectivity index (χ0v) is 33.4. The van der Waals surface area contributed by atoms with Crippen LogP contribution in [0.3, 0.4) is 0 Å². The molecule has 2 nitrogen and oxygen atoms in total. The molecular weight excluding hydrogens is 749 g/mol. The predicted octanol–water partition coefficient (Wildman–Crippen LogP) is 16.2. The molecule has 0 radical (unpaired) electrons. The molecule has 2 heteroatoms. The summed E-state index contributed by atoms with van der Waals surface area (Å²) < 4.78 is 70.4. The molecule has 62 heavy (non-hydrogen) atoms. The lowest BCUT2D eigenvalue weighted by Gasteiger charge is -2.16. The zero-order chi connectivity index (χ0) is 47.1. The molecule has 2 heterocycles. The first-order chi connectivity index (χ1) is 33.7. The fraction of sp³-hybridized carbons (Fsp3) is 0. The minimum Gasteiger partial charge on any atom is -0.309 e. The first-order valence-corrected chi connectivity index (χ1v) is 20.8. The van der Waals surface area contributed by atoms with Gasteiger partial charge in [-0.2, -0.15) is 0 Å². The van der Waals surface area contributed by atoms with Gasteiger partial charge in [0, 0.05) is 32.8 Å². The summed E-state index contributed by atoms with van der Waals surface area (Å²) in [6, 6.07) is 65.1. The quantitative estimate of drug-likeness (QED) is 0.152. The topological polar surface area (TPSA) is 9.86 Å². The predicted molar refractivity (Wildman–Crippen MR) is 262 cm³/mol. The molecular formula is C60H40N2. The molecule has 0 amide bonds. The smallest absolute Gasteiger partial charge is 0.0645 e. The van der Waals surface area contributed by atoms with Crippen LogP contribution in [0.1, 0.15) is 9.60 Å². The second-order valence-electron chi connectivity index (χ2n) is 15.5. The molecule has 0 saturated carbocycles. The van der Waals surface area contributed by atoms with Gasteiger partial charge in [-0.15, -0.1) is 0 Å². The van der Waals surface area contributed by atoms with E-state index in [9.17, 15) is 6.85 Å². The van der Waals surface area contributed by atoms with Crippen molar-refractivity contribution in [2.75, 3.05) is 0 Å². The molecule has 0 fully saturated rings. The van der Waals surface area contributed by atoms with Gasteiger partial charge in [-0.3, -0.25) is 0 Å². The first-order valence-electron chi connectivity index (χ1n) is 24.3. The molecule has 0 aliphatic rings. The van der Waals surface area contributed by atoms with Crippen LogP contribution < -0.4 is 0 Å². The molecule has 0 saturated heterocycles. The molecule has 10 aromatic carbocycles. The number of hydrogen-bond acceptors (Lipinski definition) is 0. The standard InChI is InChI=1S/C60H40N2/c1-5-16-41(17-6-1)43-28-33-49(34-29-43)61-58-37-32-48(40-54(58)60-50(25-15-27-59(60)61)44-20-9-3-10-21-44)47-31-36-57-53(39-47)51-24-13-14-26-55(51)62(57)56-35-30-46(42-18-7-2-8-19-42)38-52(56)45-22-11-4-12-23-45/h1-40H/i13D,14D,24D,26D,31D,36D,39D. The van der Waals surface area contributed by atoms with Crippen LogP contribution in [0.15, 0.2) is 242 Å². The Kier molecular flexibility index (Phi) is 6.95. The highest BCUT2D eigenvalue weighted by Crippen LogP contribution is 2.43. The summed E-state index contributed by atoms with van der Waals surface area (Å²) in [6.07, 6.45) is 0. The lowest BCUT2D eigenvalue weighted by Crippen LogP contribution is -1.98. The maximum atomic E-state index is 10.1. The van der Waals surface area contributed by atoms with Crippen molar-refractivity contribution >= 4 is 43.6 Å². The normalized spacial score (nSPS) is 13.1. The molecule has 0 aliphatic heterocycles. The Morgan fingerprint density at radius 1 is 0.306 bits per heavy atom. The molecule has 0 aliphatic carbocycles. The van der Waals surface area contributed by atoms with E-state index in [1.165, 1.54) is 0 Å². The van der Waals surface area contributed by atoms with Gasteiger partial charge in [-0.05, 0) is 111 Å². The van der Waals surface area contributed by atoms with Crippen molar-refractivity contribution in [3.63, 3.8) is 0 Å². The molecule has 12 rings (SSSR count). The molecule has 290 valence electrons. The van der Waals surface area contributed by atoms with Gasteiger partial charge < -0.3 is 9.13 Å². The fourth-order valence-electron chi connectivity index (χ4n) is 9.09. The van der Waals surface area contributed by atoms with Gasteiger partial charge in [0.2, 0.25) is 0 Å². The molecule has 2 aromatic heterocycles. The Morgan fingerprint density at radius 3 is 1.58 bits per heavy atom. The van der Waals surface area contributed by atoms with Gasteiger partial charge >= 0.3 is 0 Å². The Labute approximate surface area is 370 Å². The van der Waals surface area contributed by atoms with Crippen LogP contribution in [-0.4, -0.2) is 9.13 Å². The highest BCUT2D eigenvalue weighted by Gasteiger charge is 2.20. The number of nitrogens with zero attached hydrogens (tertiary/aromatic N) is 2. The van der Waals surface area contributed by atoms with Gasteiger partial charge in [0.25, 0.3) is 0 Å². The SMILES string of the molecule is [2H]c1c([2H])c([2H])c2c(c1[2H])c1c([2H])c(-c3ccc4c(c3)c3c(-c5ccccc5)cccc3n4-c3ccc(-c4ccccc4)cc3)c([2H])c([2H])c1n2-c1ccc(-c2ccccc2)cc1-c1ccccc1. The molecule has 0 N–H and O–H groups in total. The second kappa shape index (κ2) is 14.8. The fourth-order valence-corrected chi connectivity index (χ4v) is 9.09. The number of para-hydroxylation sites is 1. The average molecular weight is 796 g/mol. The van der Waals surface area contributed by atoms with Crippen LogP contribution in [0.5, 0.6) is 0 Å². The van der Waals surface area contributed by atoms with Crippen molar-refractivity contribution < 1.29 is 9.60 Å². The average Bonchev–Trinajstić information content (AvgIpc) is 3.94. The second-order valence-corrected chi connectivity index (χ2v) is 15.5. The zero-order valence-electron chi connectivity index (χ0n) is 40.4. The number of fused-ring (bicyclic) bond motifs is 6. The van der Waals surface area contributed by atoms with Crippen molar-refractivity contribution in [1.29, 1.82) is 0 Å². The van der Waals surface area contributed by atoms with Crippen molar-refractivity contribution in [2.45, 2.75) is 0 Å². The highest BCUT2D eigenvalue weighted by molar-refractivity contribution is 6.17. The molecule has 0 atom stereocenters. The number of hydrogen-bond donors (Lipinski definition) is 0. The summed E-state index contributed by atoms with van der Waals surface area (Å²) in [4.78, 5) is 0. The van der Waals surface area contributed by atoms with E-state index in [2.05, 4.69) is 77.4 Å². The van der Waals surface area contributed by atoms with Crippen LogP contribution >= 0.6 is 0 Å². The summed E-state index contributed by atoms with van der Waals surface area (Å²) in [6.45, 7) is 0. The largest absolute Gasteiger partial charge is 0.309 e. The van der Waals surface area contributed by atoms with Gasteiger partial charge in [0.1, 0.15) is 0 Å². The highest BCUT2D eigenvalue weighted by atomic mass is 15.0. The van der Waals surface area contributed by atoms with E-state index in [0.717, 1.165) is 72.0 Å². The van der Waals surface area contributed by atoms with E-state index in [4.69, 9.17) is 2.74 Å². The summed E-state index contributed by atoms with van der Waals surface area (Å²) >= 11 is 0. The van der Waals surface area contributed by atoms with Gasteiger partial charge in [-0.1, -0.05) is 182 Å². The molecule has 12 aromatic rings. The number of benzene rings is 10. The van der Waals surface area contributed by atoms with E-state index < -0.39 is 12.1 Å². The van der Waals surface area contributed by atoms with Crippen molar-refractivity contribution in [3.05, 3.63) is 242 Å². The lowest BCUT2D eigenvalue weighted by atomic mass is 9.96. The first kappa shape index (κ1) is 29.1. The summed E-state index contributed by atoms with van der Waals surface area (Å²) in [5.74, 6) is 0. The van der Waals surface area contributed by atoms with Crippen molar-refractivity contribution in [1.82, 2.24) is 9.13 Å². The summed E-state index contributed by atoms with van der Waals surface area (Å²) in [5, 5.41) is 2.21. The third-order valence-electron chi connectivity index (χ3n) is 12.0. The van der Waals surface area contributed by atoms with E-state index in [-0.39, 0.29) is 57.6 Å². The van der Waals surface area contributed by atoms with E-state index >= 15 is 0 Å². The van der Waals surface area contributed by atoms with Crippen molar-refractivity contribution in [2.24, 2.45) is 0 Å². The van der Waals surface area contributed by atoms with E-state index in [1.54, 1.807) is 4.57 Å². The van der Waals surface area contributed by atoms with Gasteiger partial charge in [-0.25, -0.2) is 0 Å². The maximum Gasteiger partial charge on any atom is 0.0645 e. The third kappa shape index (κ3) is 5.96. The minimum atomic E-state index is -0.434. The van der Waals surface area contributed by atoms with Gasteiger partial charge in [0.05, 0.1) is 37.3 Å². The van der Waals surface area contributed by atoms with Crippen LogP contribution in [-0.2, 0) is 0 Å². The Morgan fingerprint density at radius 2 is 0.871 bits per heavy atom. The van der Waals surface area contributed by atoms with Crippen LogP contribution in [0.4, 0.5) is 0 Å². The van der Waals surface area contributed by atoms with E-state index in [0.29, 0.717) is 11.3 Å². The van der Waals surface area contributed by atoms with Crippen LogP contribution in [0.2, 0.25) is 0 Å². The lowest BCUT2D eigenvalue weighted by molar-refractivity contribution is 1.18. The maximum absolute atomic E-state index is 10.1. The van der Waals surface area contributed by atoms with Crippen molar-refractivity contribution in [3.8, 4) is 67.0 Å². The monoisotopic (exact) mass is 795 g/mol.